The number of rotatable bonds is 1. The van der Waals surface area contributed by atoms with Crippen LogP contribution in [0.5, 0.6) is 0 Å². The molecule has 0 amide bonds. The van der Waals surface area contributed by atoms with E-state index in [1.54, 1.807) is 0 Å². The first-order valence-corrected chi connectivity index (χ1v) is 5.96. The van der Waals surface area contributed by atoms with E-state index in [0.29, 0.717) is 6.04 Å². The Hall–Kier alpha value is -0.800. The SMILES string of the molecule is c1cc2c(o1)CCCC2N1CCNCC1. The summed E-state index contributed by atoms with van der Waals surface area (Å²) in [6, 6.07) is 2.79. The van der Waals surface area contributed by atoms with Crippen LogP contribution in [0, 0.1) is 0 Å². The highest BCUT2D eigenvalue weighted by Gasteiger charge is 2.28. The molecule has 2 heterocycles. The minimum absolute atomic E-state index is 0.620. The Balaban J connectivity index is 1.82. The van der Waals surface area contributed by atoms with Gasteiger partial charge in [0.1, 0.15) is 5.76 Å². The van der Waals surface area contributed by atoms with Crippen molar-refractivity contribution in [3.05, 3.63) is 23.7 Å². The molecule has 82 valence electrons. The third kappa shape index (κ3) is 1.70. The fourth-order valence-corrected chi connectivity index (χ4v) is 2.84. The van der Waals surface area contributed by atoms with Gasteiger partial charge in [0.2, 0.25) is 0 Å². The molecule has 0 aromatic carbocycles. The van der Waals surface area contributed by atoms with Crippen molar-refractivity contribution in [2.24, 2.45) is 0 Å². The highest BCUT2D eigenvalue weighted by molar-refractivity contribution is 5.24. The van der Waals surface area contributed by atoms with Gasteiger partial charge in [0.25, 0.3) is 0 Å². The number of nitrogens with one attached hydrogen (secondary N) is 1. The van der Waals surface area contributed by atoms with E-state index in [2.05, 4.69) is 16.3 Å². The maximum absolute atomic E-state index is 5.53. The van der Waals surface area contributed by atoms with Crippen molar-refractivity contribution in [2.75, 3.05) is 26.2 Å². The van der Waals surface area contributed by atoms with Gasteiger partial charge in [-0.1, -0.05) is 0 Å². The average molecular weight is 206 g/mol. The number of furan rings is 1. The van der Waals surface area contributed by atoms with Crippen LogP contribution in [0.4, 0.5) is 0 Å². The van der Waals surface area contributed by atoms with Crippen molar-refractivity contribution in [1.29, 1.82) is 0 Å². The first kappa shape index (κ1) is 9.43. The quantitative estimate of drug-likeness (QED) is 0.756. The molecule has 1 N–H and O–H groups in total. The zero-order valence-electron chi connectivity index (χ0n) is 9.04. The summed E-state index contributed by atoms with van der Waals surface area (Å²) in [5, 5.41) is 3.41. The first-order valence-electron chi connectivity index (χ1n) is 5.96. The summed E-state index contributed by atoms with van der Waals surface area (Å²) in [4.78, 5) is 2.60. The van der Waals surface area contributed by atoms with Crippen molar-refractivity contribution in [3.8, 4) is 0 Å². The summed E-state index contributed by atoms with van der Waals surface area (Å²) in [7, 11) is 0. The molecule has 1 aromatic rings. The summed E-state index contributed by atoms with van der Waals surface area (Å²) >= 11 is 0. The smallest absolute Gasteiger partial charge is 0.108 e. The van der Waals surface area contributed by atoms with Crippen LogP contribution in [0.1, 0.15) is 30.2 Å². The summed E-state index contributed by atoms with van der Waals surface area (Å²) < 4.78 is 5.53. The van der Waals surface area contributed by atoms with E-state index in [1.165, 1.54) is 37.3 Å². The molecule has 1 fully saturated rings. The number of aryl methyl sites for hydroxylation is 1. The van der Waals surface area contributed by atoms with E-state index in [4.69, 9.17) is 4.42 Å². The van der Waals surface area contributed by atoms with E-state index in [0.717, 1.165) is 19.5 Å². The Morgan fingerprint density at radius 3 is 3.07 bits per heavy atom. The van der Waals surface area contributed by atoms with Crippen LogP contribution in [0.2, 0.25) is 0 Å². The molecule has 1 aliphatic carbocycles. The number of piperazine rings is 1. The molecule has 2 aliphatic rings. The number of fused-ring (bicyclic) bond motifs is 1. The van der Waals surface area contributed by atoms with Crippen LogP contribution in [-0.2, 0) is 6.42 Å². The monoisotopic (exact) mass is 206 g/mol. The lowest BCUT2D eigenvalue weighted by Gasteiger charge is -2.36. The van der Waals surface area contributed by atoms with Gasteiger partial charge in [-0.25, -0.2) is 0 Å². The third-order valence-electron chi connectivity index (χ3n) is 3.61. The predicted octanol–water partition coefficient (Wildman–Crippen LogP) is 1.56. The Labute approximate surface area is 90.4 Å². The molecule has 1 aliphatic heterocycles. The predicted molar refractivity (Wildman–Crippen MR) is 58.8 cm³/mol. The molecule has 1 aromatic heterocycles. The van der Waals surface area contributed by atoms with Crippen LogP contribution in [0.15, 0.2) is 16.7 Å². The summed E-state index contributed by atoms with van der Waals surface area (Å²) in [6.45, 7) is 4.61. The van der Waals surface area contributed by atoms with Gasteiger partial charge in [0.15, 0.2) is 0 Å². The second-order valence-corrected chi connectivity index (χ2v) is 4.49. The second kappa shape index (κ2) is 3.99. The standard InChI is InChI=1S/C12H18N2O/c1-2-11(14-7-5-13-6-8-14)10-4-9-15-12(10)3-1/h4,9,11,13H,1-3,5-8H2. The maximum atomic E-state index is 5.53. The molecule has 0 radical (unpaired) electrons. The molecule has 3 heteroatoms. The molecule has 0 spiro atoms. The van der Waals surface area contributed by atoms with Crippen molar-refractivity contribution in [2.45, 2.75) is 25.3 Å². The zero-order chi connectivity index (χ0) is 10.1. The Bertz CT molecular complexity index is 328. The lowest BCUT2D eigenvalue weighted by Crippen LogP contribution is -2.45. The van der Waals surface area contributed by atoms with Crippen molar-refractivity contribution in [3.63, 3.8) is 0 Å². The molecule has 1 saturated heterocycles. The highest BCUT2D eigenvalue weighted by atomic mass is 16.3. The maximum Gasteiger partial charge on any atom is 0.108 e. The van der Waals surface area contributed by atoms with Gasteiger partial charge in [-0.05, 0) is 18.9 Å². The molecule has 0 saturated carbocycles. The average Bonchev–Trinajstić information content (AvgIpc) is 2.78. The van der Waals surface area contributed by atoms with Gasteiger partial charge in [-0.2, -0.15) is 0 Å². The van der Waals surface area contributed by atoms with E-state index in [-0.39, 0.29) is 0 Å². The Morgan fingerprint density at radius 1 is 1.33 bits per heavy atom. The molecular formula is C12H18N2O. The van der Waals surface area contributed by atoms with Crippen LogP contribution < -0.4 is 5.32 Å². The van der Waals surface area contributed by atoms with Crippen LogP contribution in [-0.4, -0.2) is 31.1 Å². The molecule has 15 heavy (non-hydrogen) atoms. The van der Waals surface area contributed by atoms with E-state index in [9.17, 15) is 0 Å². The Morgan fingerprint density at radius 2 is 2.20 bits per heavy atom. The van der Waals surface area contributed by atoms with Crippen LogP contribution in [0.3, 0.4) is 0 Å². The Kier molecular flexibility index (Phi) is 2.51. The fraction of sp³-hybridized carbons (Fsp3) is 0.667. The largest absolute Gasteiger partial charge is 0.469 e. The first-order chi connectivity index (χ1) is 7.45. The van der Waals surface area contributed by atoms with E-state index >= 15 is 0 Å². The zero-order valence-corrected chi connectivity index (χ0v) is 9.04. The van der Waals surface area contributed by atoms with Gasteiger partial charge in [-0.15, -0.1) is 0 Å². The lowest BCUT2D eigenvalue weighted by molar-refractivity contribution is 0.155. The number of hydrogen-bond acceptors (Lipinski definition) is 3. The summed E-state index contributed by atoms with van der Waals surface area (Å²) in [5.41, 5.74) is 1.45. The molecule has 0 bridgehead atoms. The minimum atomic E-state index is 0.620. The third-order valence-corrected chi connectivity index (χ3v) is 3.61. The van der Waals surface area contributed by atoms with Crippen LogP contribution in [0.25, 0.3) is 0 Å². The summed E-state index contributed by atoms with van der Waals surface area (Å²) in [6.07, 6.45) is 5.55. The van der Waals surface area contributed by atoms with Gasteiger partial charge in [-0.3, -0.25) is 4.90 Å². The molecular weight excluding hydrogens is 188 g/mol. The van der Waals surface area contributed by atoms with E-state index in [1.807, 2.05) is 6.26 Å². The molecule has 3 nitrogen and oxygen atoms in total. The lowest BCUT2D eigenvalue weighted by atomic mass is 9.92. The number of nitrogens with zero attached hydrogens (tertiary/aromatic N) is 1. The van der Waals surface area contributed by atoms with Gasteiger partial charge >= 0.3 is 0 Å². The van der Waals surface area contributed by atoms with Crippen molar-refractivity contribution < 1.29 is 4.42 Å². The molecule has 1 atom stereocenters. The normalized spacial score (nSPS) is 27.6. The van der Waals surface area contributed by atoms with Gasteiger partial charge in [0.05, 0.1) is 6.26 Å². The number of hydrogen-bond donors (Lipinski definition) is 1. The van der Waals surface area contributed by atoms with Gasteiger partial charge in [0, 0.05) is 44.2 Å². The molecule has 1 unspecified atom stereocenters. The van der Waals surface area contributed by atoms with E-state index < -0.39 is 0 Å². The summed E-state index contributed by atoms with van der Waals surface area (Å²) in [5.74, 6) is 1.23. The minimum Gasteiger partial charge on any atom is -0.469 e. The molecule has 3 rings (SSSR count). The van der Waals surface area contributed by atoms with Crippen molar-refractivity contribution in [1.82, 2.24) is 10.2 Å². The van der Waals surface area contributed by atoms with Crippen LogP contribution >= 0.6 is 0 Å². The highest BCUT2D eigenvalue weighted by Crippen LogP contribution is 2.34. The second-order valence-electron chi connectivity index (χ2n) is 4.49. The topological polar surface area (TPSA) is 28.4 Å². The van der Waals surface area contributed by atoms with Crippen molar-refractivity contribution >= 4 is 0 Å². The fourth-order valence-electron chi connectivity index (χ4n) is 2.84. The van der Waals surface area contributed by atoms with Gasteiger partial charge < -0.3 is 9.73 Å².